The van der Waals surface area contributed by atoms with Crippen LogP contribution in [0.5, 0.6) is 17.2 Å². The van der Waals surface area contributed by atoms with Crippen LogP contribution in [0.15, 0.2) is 65.1 Å². The maximum absolute atomic E-state index is 12.4. The van der Waals surface area contributed by atoms with Gasteiger partial charge in [0.1, 0.15) is 23.5 Å². The second-order valence-corrected chi connectivity index (χ2v) is 7.17. The molecular weight excluding hydrogens is 414 g/mol. The number of amides is 1. The fraction of sp³-hybridized carbons (Fsp3) is 0.167. The Bertz CT molecular complexity index is 1330. The highest BCUT2D eigenvalue weighted by molar-refractivity contribution is 6.07. The van der Waals surface area contributed by atoms with Gasteiger partial charge in [0, 0.05) is 16.8 Å². The lowest BCUT2D eigenvalue weighted by Crippen LogP contribution is -2.39. The maximum atomic E-state index is 12.4. The standard InChI is InChI=1S/C24H19NO7/c1-28-21-10-15-14-6-2-3-7-17(14)31-20(15)11-16(21)25-23(26)13-30-24(27)22-12-29-18-8-4-5-9-19(18)32-22/h2-11,22H,12-13H2,1H3,(H,25,26)/t22-/m0/s1. The van der Waals surface area contributed by atoms with Crippen LogP contribution >= 0.6 is 0 Å². The first kappa shape index (κ1) is 19.7. The summed E-state index contributed by atoms with van der Waals surface area (Å²) >= 11 is 0. The molecule has 1 atom stereocenters. The number of furan rings is 1. The molecular formula is C24H19NO7. The Morgan fingerprint density at radius 3 is 2.62 bits per heavy atom. The van der Waals surface area contributed by atoms with Gasteiger partial charge in [-0.15, -0.1) is 0 Å². The van der Waals surface area contributed by atoms with E-state index in [1.54, 1.807) is 30.3 Å². The van der Waals surface area contributed by atoms with Crippen molar-refractivity contribution in [2.24, 2.45) is 0 Å². The molecule has 0 bridgehead atoms. The lowest BCUT2D eigenvalue weighted by Gasteiger charge is -2.24. The Morgan fingerprint density at radius 2 is 1.78 bits per heavy atom. The summed E-state index contributed by atoms with van der Waals surface area (Å²) in [5.41, 5.74) is 1.75. The number of hydrogen-bond donors (Lipinski definition) is 1. The predicted octanol–water partition coefficient (Wildman–Crippen LogP) is 3.92. The summed E-state index contributed by atoms with van der Waals surface area (Å²) < 4.78 is 27.5. The molecule has 2 heterocycles. The summed E-state index contributed by atoms with van der Waals surface area (Å²) in [6.07, 6.45) is -0.945. The highest BCUT2D eigenvalue weighted by atomic mass is 16.6. The average molecular weight is 433 g/mol. The third kappa shape index (κ3) is 3.66. The Balaban J connectivity index is 1.26. The van der Waals surface area contributed by atoms with Gasteiger partial charge in [-0.3, -0.25) is 4.79 Å². The summed E-state index contributed by atoms with van der Waals surface area (Å²) in [5, 5.41) is 4.52. The maximum Gasteiger partial charge on any atom is 0.351 e. The molecule has 4 aromatic rings. The molecule has 0 aliphatic carbocycles. The molecule has 1 N–H and O–H groups in total. The zero-order valence-electron chi connectivity index (χ0n) is 17.1. The number of hydrogen-bond acceptors (Lipinski definition) is 7. The minimum atomic E-state index is -0.945. The van der Waals surface area contributed by atoms with E-state index in [1.807, 2.05) is 30.3 Å². The second kappa shape index (κ2) is 8.14. The Kier molecular flexibility index (Phi) is 5.03. The van der Waals surface area contributed by atoms with Crippen molar-refractivity contribution in [3.63, 3.8) is 0 Å². The number of methoxy groups -OCH3 is 1. The van der Waals surface area contributed by atoms with Crippen molar-refractivity contribution in [2.75, 3.05) is 25.6 Å². The van der Waals surface area contributed by atoms with Gasteiger partial charge in [-0.2, -0.15) is 0 Å². The van der Waals surface area contributed by atoms with Crippen molar-refractivity contribution in [1.82, 2.24) is 0 Å². The van der Waals surface area contributed by atoms with Gasteiger partial charge in [0.25, 0.3) is 5.91 Å². The van der Waals surface area contributed by atoms with E-state index in [0.717, 1.165) is 16.4 Å². The van der Waals surface area contributed by atoms with Gasteiger partial charge >= 0.3 is 5.97 Å². The van der Waals surface area contributed by atoms with Gasteiger partial charge in [-0.1, -0.05) is 30.3 Å². The number of carbonyl (C=O) groups excluding carboxylic acids is 2. The van der Waals surface area contributed by atoms with E-state index in [9.17, 15) is 9.59 Å². The monoisotopic (exact) mass is 433 g/mol. The molecule has 3 aromatic carbocycles. The number of carbonyl (C=O) groups is 2. The molecule has 1 amide bonds. The van der Waals surface area contributed by atoms with Crippen molar-refractivity contribution >= 4 is 39.5 Å². The summed E-state index contributed by atoms with van der Waals surface area (Å²) in [7, 11) is 1.51. The molecule has 0 spiro atoms. The normalized spacial score (nSPS) is 14.8. The van der Waals surface area contributed by atoms with Gasteiger partial charge in [0.05, 0.1) is 12.8 Å². The van der Waals surface area contributed by atoms with Gasteiger partial charge in [0.15, 0.2) is 18.1 Å². The molecule has 0 fully saturated rings. The quantitative estimate of drug-likeness (QED) is 0.477. The van der Waals surface area contributed by atoms with Crippen LogP contribution in [0.4, 0.5) is 5.69 Å². The SMILES string of the molecule is COc1cc2c(cc1NC(=O)COC(=O)[C@@H]1COc3ccccc3O1)oc1ccccc12. The lowest BCUT2D eigenvalue weighted by molar-refractivity contribution is -0.156. The first-order chi connectivity index (χ1) is 15.6. The van der Waals surface area contributed by atoms with Gasteiger partial charge in [-0.25, -0.2) is 4.79 Å². The van der Waals surface area contributed by atoms with E-state index in [2.05, 4.69) is 5.32 Å². The highest BCUT2D eigenvalue weighted by Gasteiger charge is 2.29. The number of para-hydroxylation sites is 3. The number of anilines is 1. The van der Waals surface area contributed by atoms with Crippen LogP contribution in [0.3, 0.4) is 0 Å². The molecule has 1 aromatic heterocycles. The molecule has 0 saturated heterocycles. The van der Waals surface area contributed by atoms with E-state index in [-0.39, 0.29) is 6.61 Å². The largest absolute Gasteiger partial charge is 0.495 e. The Hall–Kier alpha value is -4.20. The van der Waals surface area contributed by atoms with E-state index < -0.39 is 24.6 Å². The van der Waals surface area contributed by atoms with E-state index in [4.69, 9.17) is 23.4 Å². The molecule has 8 heteroatoms. The fourth-order valence-electron chi connectivity index (χ4n) is 3.57. The van der Waals surface area contributed by atoms with Gasteiger partial charge in [-0.05, 0) is 24.3 Å². The van der Waals surface area contributed by atoms with E-state index in [0.29, 0.717) is 28.5 Å². The summed E-state index contributed by atoms with van der Waals surface area (Å²) in [6, 6.07) is 18.1. The van der Waals surface area contributed by atoms with Crippen LogP contribution in [0.25, 0.3) is 21.9 Å². The predicted molar refractivity (Wildman–Crippen MR) is 116 cm³/mol. The van der Waals surface area contributed by atoms with Crippen LogP contribution in [0.2, 0.25) is 0 Å². The van der Waals surface area contributed by atoms with E-state index >= 15 is 0 Å². The smallest absolute Gasteiger partial charge is 0.351 e. The van der Waals surface area contributed by atoms with Crippen molar-refractivity contribution in [1.29, 1.82) is 0 Å². The van der Waals surface area contributed by atoms with Crippen molar-refractivity contribution in [2.45, 2.75) is 6.10 Å². The van der Waals surface area contributed by atoms with E-state index in [1.165, 1.54) is 7.11 Å². The topological polar surface area (TPSA) is 96.2 Å². The van der Waals surface area contributed by atoms with Gasteiger partial charge < -0.3 is 28.7 Å². The summed E-state index contributed by atoms with van der Waals surface area (Å²) in [6.45, 7) is -0.477. The number of ether oxygens (including phenoxy) is 4. The van der Waals surface area contributed by atoms with Crippen molar-refractivity contribution < 1.29 is 33.0 Å². The third-order valence-corrected chi connectivity index (χ3v) is 5.09. The van der Waals surface area contributed by atoms with Crippen molar-refractivity contribution in [3.05, 3.63) is 60.7 Å². The second-order valence-electron chi connectivity index (χ2n) is 7.17. The van der Waals surface area contributed by atoms with Crippen LogP contribution in [0.1, 0.15) is 0 Å². The molecule has 5 rings (SSSR count). The first-order valence-corrected chi connectivity index (χ1v) is 9.96. The minimum Gasteiger partial charge on any atom is -0.495 e. The summed E-state index contributed by atoms with van der Waals surface area (Å²) in [4.78, 5) is 24.7. The molecule has 1 aliphatic rings. The van der Waals surface area contributed by atoms with Crippen LogP contribution < -0.4 is 19.5 Å². The summed E-state index contributed by atoms with van der Waals surface area (Å²) in [5.74, 6) is 0.263. The number of benzene rings is 3. The van der Waals surface area contributed by atoms with Gasteiger partial charge in [0.2, 0.25) is 6.10 Å². The number of fused-ring (bicyclic) bond motifs is 4. The molecule has 32 heavy (non-hydrogen) atoms. The minimum absolute atomic E-state index is 0.00795. The average Bonchev–Trinajstić information content (AvgIpc) is 3.19. The first-order valence-electron chi connectivity index (χ1n) is 9.96. The zero-order valence-corrected chi connectivity index (χ0v) is 17.1. The lowest BCUT2D eigenvalue weighted by atomic mass is 10.1. The Morgan fingerprint density at radius 1 is 1.00 bits per heavy atom. The van der Waals surface area contributed by atoms with Crippen LogP contribution in [-0.2, 0) is 14.3 Å². The van der Waals surface area contributed by atoms with Crippen LogP contribution in [0, 0.1) is 0 Å². The van der Waals surface area contributed by atoms with Crippen LogP contribution in [-0.4, -0.2) is 38.3 Å². The molecule has 162 valence electrons. The third-order valence-electron chi connectivity index (χ3n) is 5.09. The molecule has 0 radical (unpaired) electrons. The fourth-order valence-corrected chi connectivity index (χ4v) is 3.57. The van der Waals surface area contributed by atoms with Crippen molar-refractivity contribution in [3.8, 4) is 17.2 Å². The molecule has 1 aliphatic heterocycles. The molecule has 8 nitrogen and oxygen atoms in total. The Labute approximate surface area is 182 Å². The molecule has 0 unspecified atom stereocenters. The number of esters is 1. The number of nitrogens with one attached hydrogen (secondary N) is 1. The molecule has 0 saturated carbocycles. The highest BCUT2D eigenvalue weighted by Crippen LogP contribution is 2.36. The zero-order chi connectivity index (χ0) is 22.1. The number of rotatable bonds is 5.